The molecule has 2 heterocycles. The van der Waals surface area contributed by atoms with Crippen molar-refractivity contribution >= 4 is 29.5 Å². The van der Waals surface area contributed by atoms with E-state index < -0.39 is 11.9 Å². The topological polar surface area (TPSA) is 156 Å². The number of carbonyl (C=O) groups is 2. The second-order valence-electron chi connectivity index (χ2n) is 5.76. The molecule has 140 valence electrons. The number of nitrogens with one attached hydrogen (secondary N) is 1. The van der Waals surface area contributed by atoms with E-state index in [0.29, 0.717) is 12.1 Å². The first kappa shape index (κ1) is 19.0. The van der Waals surface area contributed by atoms with Gasteiger partial charge in [0.2, 0.25) is 5.91 Å². The predicted molar refractivity (Wildman–Crippen MR) is 101 cm³/mol. The predicted octanol–water partition coefficient (Wildman–Crippen LogP) is 1.42. The number of nitriles is 2. The van der Waals surface area contributed by atoms with Gasteiger partial charge in [-0.1, -0.05) is 23.9 Å². The van der Waals surface area contributed by atoms with Gasteiger partial charge in [-0.25, -0.2) is 9.78 Å². The number of benzene rings is 1. The van der Waals surface area contributed by atoms with Crippen LogP contribution in [0.3, 0.4) is 0 Å². The molecule has 1 aromatic heterocycles. The highest BCUT2D eigenvalue weighted by Gasteiger charge is 2.27. The van der Waals surface area contributed by atoms with Gasteiger partial charge in [-0.05, 0) is 17.7 Å². The van der Waals surface area contributed by atoms with Crippen molar-refractivity contribution in [2.75, 3.05) is 24.6 Å². The molecule has 9 nitrogen and oxygen atoms in total. The zero-order valence-electron chi connectivity index (χ0n) is 14.5. The van der Waals surface area contributed by atoms with Crippen LogP contribution in [0.4, 0.5) is 10.6 Å². The third-order valence-electron chi connectivity index (χ3n) is 4.06. The molecule has 3 rings (SSSR count). The standard InChI is InChI=1S/C18H14N6O3S/c19-7-12-15(10-1-3-11(25)4-2-10)13(8-20)17(23-16(12)21)28-9-14(26)24-6-5-22-18(24)27/h1-4,25H,5-6,9H2,(H2,21,23)(H,22,27). The number of hydrogen-bond acceptors (Lipinski definition) is 8. The van der Waals surface area contributed by atoms with Gasteiger partial charge in [-0.2, -0.15) is 10.5 Å². The number of nitrogens with zero attached hydrogens (tertiary/aromatic N) is 4. The van der Waals surface area contributed by atoms with Crippen LogP contribution in [0.15, 0.2) is 29.3 Å². The minimum atomic E-state index is -0.455. The minimum Gasteiger partial charge on any atom is -0.508 e. The van der Waals surface area contributed by atoms with E-state index >= 15 is 0 Å². The highest BCUT2D eigenvalue weighted by atomic mass is 32.2. The number of nitrogens with two attached hydrogens (primary N) is 1. The summed E-state index contributed by atoms with van der Waals surface area (Å²) in [6, 6.07) is 9.49. The van der Waals surface area contributed by atoms with E-state index in [1.165, 1.54) is 12.1 Å². The van der Waals surface area contributed by atoms with Crippen molar-refractivity contribution in [2.24, 2.45) is 0 Å². The normalized spacial score (nSPS) is 12.9. The average Bonchev–Trinajstić information content (AvgIpc) is 3.12. The number of anilines is 1. The van der Waals surface area contributed by atoms with Crippen molar-refractivity contribution in [1.82, 2.24) is 15.2 Å². The van der Waals surface area contributed by atoms with Gasteiger partial charge in [0, 0.05) is 18.7 Å². The average molecular weight is 394 g/mol. The Hall–Kier alpha value is -3.76. The number of imide groups is 1. The summed E-state index contributed by atoms with van der Waals surface area (Å²) >= 11 is 0.970. The summed E-state index contributed by atoms with van der Waals surface area (Å²) < 4.78 is 0. The first-order chi connectivity index (χ1) is 13.5. The smallest absolute Gasteiger partial charge is 0.324 e. The summed E-state index contributed by atoms with van der Waals surface area (Å²) in [6.07, 6.45) is 0. The van der Waals surface area contributed by atoms with E-state index in [1.807, 2.05) is 12.1 Å². The molecule has 10 heteroatoms. The fourth-order valence-corrected chi connectivity index (χ4v) is 3.61. The Balaban J connectivity index is 1.99. The zero-order chi connectivity index (χ0) is 20.3. The van der Waals surface area contributed by atoms with Gasteiger partial charge in [0.15, 0.2) is 0 Å². The van der Waals surface area contributed by atoms with Crippen LogP contribution in [-0.4, -0.2) is 45.8 Å². The van der Waals surface area contributed by atoms with Gasteiger partial charge in [0.25, 0.3) is 0 Å². The summed E-state index contributed by atoms with van der Waals surface area (Å²) in [5.41, 5.74) is 6.84. The fourth-order valence-electron chi connectivity index (χ4n) is 2.74. The second kappa shape index (κ2) is 7.86. The molecule has 0 atom stereocenters. The fraction of sp³-hybridized carbons (Fsp3) is 0.167. The third-order valence-corrected chi connectivity index (χ3v) is 5.02. The molecule has 2 aromatic rings. The lowest BCUT2D eigenvalue weighted by atomic mass is 9.97. The van der Waals surface area contributed by atoms with Gasteiger partial charge in [-0.3, -0.25) is 9.69 Å². The number of amides is 3. The Bertz CT molecular complexity index is 1040. The van der Waals surface area contributed by atoms with Crippen LogP contribution in [0, 0.1) is 22.7 Å². The number of aromatic hydroxyl groups is 1. The Morgan fingerprint density at radius 2 is 1.96 bits per heavy atom. The molecule has 3 amide bonds. The number of phenols is 1. The highest BCUT2D eigenvalue weighted by Crippen LogP contribution is 2.36. The lowest BCUT2D eigenvalue weighted by Gasteiger charge is -2.14. The van der Waals surface area contributed by atoms with Crippen molar-refractivity contribution in [3.8, 4) is 29.0 Å². The van der Waals surface area contributed by atoms with E-state index in [1.54, 1.807) is 12.1 Å². The summed E-state index contributed by atoms with van der Waals surface area (Å²) in [5.74, 6) is -0.569. The van der Waals surface area contributed by atoms with Crippen molar-refractivity contribution in [1.29, 1.82) is 10.5 Å². The minimum absolute atomic E-state index is 0.0341. The lowest BCUT2D eigenvalue weighted by Crippen LogP contribution is -2.35. The van der Waals surface area contributed by atoms with E-state index in [2.05, 4.69) is 10.3 Å². The van der Waals surface area contributed by atoms with E-state index in [4.69, 9.17) is 5.73 Å². The maximum absolute atomic E-state index is 12.3. The molecule has 0 bridgehead atoms. The molecule has 1 aliphatic rings. The van der Waals surface area contributed by atoms with E-state index in [0.717, 1.165) is 16.7 Å². The van der Waals surface area contributed by atoms with Crippen LogP contribution in [0.1, 0.15) is 11.1 Å². The third kappa shape index (κ3) is 3.54. The van der Waals surface area contributed by atoms with E-state index in [-0.39, 0.29) is 45.6 Å². The number of pyridine rings is 1. The number of urea groups is 1. The molecule has 0 spiro atoms. The summed E-state index contributed by atoms with van der Waals surface area (Å²) in [5, 5.41) is 31.4. The molecule has 1 saturated heterocycles. The molecule has 1 aliphatic heterocycles. The number of nitrogen functional groups attached to an aromatic ring is 1. The van der Waals surface area contributed by atoms with Crippen LogP contribution in [-0.2, 0) is 4.79 Å². The van der Waals surface area contributed by atoms with Gasteiger partial charge in [0.1, 0.15) is 34.3 Å². The van der Waals surface area contributed by atoms with Crippen LogP contribution >= 0.6 is 11.8 Å². The number of rotatable bonds is 4. The Morgan fingerprint density at radius 3 is 2.54 bits per heavy atom. The Morgan fingerprint density at radius 1 is 1.29 bits per heavy atom. The van der Waals surface area contributed by atoms with Crippen molar-refractivity contribution in [3.05, 3.63) is 35.4 Å². The van der Waals surface area contributed by atoms with Crippen LogP contribution in [0.2, 0.25) is 0 Å². The Labute approximate surface area is 164 Å². The number of aromatic nitrogens is 1. The summed E-state index contributed by atoms with van der Waals surface area (Å²) in [7, 11) is 0. The summed E-state index contributed by atoms with van der Waals surface area (Å²) in [4.78, 5) is 29.0. The first-order valence-corrected chi connectivity index (χ1v) is 9.09. The molecule has 1 aromatic carbocycles. The largest absolute Gasteiger partial charge is 0.508 e. The molecule has 0 saturated carbocycles. The second-order valence-corrected chi connectivity index (χ2v) is 6.73. The number of carbonyl (C=O) groups excluding carboxylic acids is 2. The Kier molecular flexibility index (Phi) is 5.34. The lowest BCUT2D eigenvalue weighted by molar-refractivity contribution is -0.124. The van der Waals surface area contributed by atoms with Crippen molar-refractivity contribution < 1.29 is 14.7 Å². The van der Waals surface area contributed by atoms with Gasteiger partial charge in [-0.15, -0.1) is 0 Å². The molecule has 0 aliphatic carbocycles. The van der Waals surface area contributed by atoms with Gasteiger partial charge in [0.05, 0.1) is 11.3 Å². The number of hydrogen-bond donors (Lipinski definition) is 3. The maximum Gasteiger partial charge on any atom is 0.324 e. The monoisotopic (exact) mass is 394 g/mol. The van der Waals surface area contributed by atoms with Gasteiger partial charge >= 0.3 is 6.03 Å². The van der Waals surface area contributed by atoms with Crippen LogP contribution in [0.25, 0.3) is 11.1 Å². The highest BCUT2D eigenvalue weighted by molar-refractivity contribution is 8.00. The SMILES string of the molecule is N#Cc1c(N)nc(SCC(=O)N2CCNC2=O)c(C#N)c1-c1ccc(O)cc1. The summed E-state index contributed by atoms with van der Waals surface area (Å²) in [6.45, 7) is 0.677. The van der Waals surface area contributed by atoms with Crippen molar-refractivity contribution in [2.45, 2.75) is 5.03 Å². The maximum atomic E-state index is 12.3. The number of phenolic OH excluding ortho intramolecular Hbond substituents is 1. The van der Waals surface area contributed by atoms with Crippen molar-refractivity contribution in [3.63, 3.8) is 0 Å². The van der Waals surface area contributed by atoms with Gasteiger partial charge < -0.3 is 16.2 Å². The van der Waals surface area contributed by atoms with Crippen LogP contribution < -0.4 is 11.1 Å². The quantitative estimate of drug-likeness (QED) is 0.657. The molecule has 4 N–H and O–H groups in total. The van der Waals surface area contributed by atoms with E-state index in [9.17, 15) is 25.2 Å². The molecule has 0 unspecified atom stereocenters. The first-order valence-electron chi connectivity index (χ1n) is 8.10. The zero-order valence-corrected chi connectivity index (χ0v) is 15.3. The number of thioether (sulfide) groups is 1. The molecule has 0 radical (unpaired) electrons. The molecule has 28 heavy (non-hydrogen) atoms. The molecule has 1 fully saturated rings. The molecular weight excluding hydrogens is 380 g/mol. The molecular formula is C18H14N6O3S. The van der Waals surface area contributed by atoms with Crippen LogP contribution in [0.5, 0.6) is 5.75 Å².